The zero-order valence-corrected chi connectivity index (χ0v) is 17.8. The molecule has 0 N–H and O–H groups in total. The molecule has 3 nitrogen and oxygen atoms in total. The van der Waals surface area contributed by atoms with Crippen molar-refractivity contribution in [2.75, 3.05) is 39.8 Å². The van der Waals surface area contributed by atoms with Crippen molar-refractivity contribution in [1.29, 1.82) is 0 Å². The Balaban J connectivity index is 0. The number of hydrogen-bond donors (Lipinski definition) is 0. The van der Waals surface area contributed by atoms with E-state index in [4.69, 9.17) is 0 Å². The van der Waals surface area contributed by atoms with E-state index in [1.165, 1.54) is 82.0 Å². The van der Waals surface area contributed by atoms with Crippen LogP contribution in [0.2, 0.25) is 0 Å². The molecule has 1 rings (SSSR count). The second kappa shape index (κ2) is 16.8. The number of amides is 1. The molecule has 0 bridgehead atoms. The van der Waals surface area contributed by atoms with Crippen molar-refractivity contribution in [3.63, 3.8) is 0 Å². The number of halogens is 1. The molecule has 0 aromatic carbocycles. The van der Waals surface area contributed by atoms with Gasteiger partial charge in [-0.15, -0.1) is 0 Å². The van der Waals surface area contributed by atoms with Crippen LogP contribution < -0.4 is 4.70 Å². The summed E-state index contributed by atoms with van der Waals surface area (Å²) in [6.07, 6.45) is 12.9. The molecule has 152 valence electrons. The van der Waals surface area contributed by atoms with Gasteiger partial charge in [-0.1, -0.05) is 53.4 Å². The van der Waals surface area contributed by atoms with Crippen LogP contribution in [0.15, 0.2) is 0 Å². The van der Waals surface area contributed by atoms with Gasteiger partial charge in [-0.25, -0.2) is 0 Å². The van der Waals surface area contributed by atoms with Crippen LogP contribution in [0.4, 0.5) is 0 Å². The van der Waals surface area contributed by atoms with Gasteiger partial charge < -0.3 is 14.1 Å². The summed E-state index contributed by atoms with van der Waals surface area (Å²) in [6, 6.07) is 0. The van der Waals surface area contributed by atoms with Crippen LogP contribution in [0, 0.1) is 0 Å². The Bertz CT molecular complexity index is 273. The van der Waals surface area contributed by atoms with E-state index in [0.717, 1.165) is 19.4 Å². The second-order valence-electron chi connectivity index (χ2n) is 7.57. The lowest BCUT2D eigenvalue weighted by Crippen LogP contribution is -3.00. The van der Waals surface area contributed by atoms with Gasteiger partial charge in [0.2, 0.25) is 5.91 Å². The smallest absolute Gasteiger partial charge is 0.222 e. The highest BCUT2D eigenvalue weighted by Crippen LogP contribution is 2.16. The van der Waals surface area contributed by atoms with Crippen LogP contribution in [0.25, 0.3) is 0 Å². The first-order valence-corrected chi connectivity index (χ1v) is 10.6. The normalized spacial score (nSPS) is 14.1. The number of nitrogens with zero attached hydrogens (tertiary/aromatic N) is 2. The van der Waals surface area contributed by atoms with Gasteiger partial charge in [-0.3, -0.25) is 4.79 Å². The van der Waals surface area contributed by atoms with Gasteiger partial charge >= 0.3 is 0 Å². The molecule has 25 heavy (non-hydrogen) atoms. The molecule has 0 aromatic rings. The predicted octanol–water partition coefficient (Wildman–Crippen LogP) is 2.25. The first-order chi connectivity index (χ1) is 11.5. The Morgan fingerprint density at radius 3 is 1.32 bits per heavy atom. The average Bonchev–Trinajstić information content (AvgIpc) is 2.97. The average molecular weight is 361 g/mol. The summed E-state index contributed by atoms with van der Waals surface area (Å²) in [5.74, 6) is 0.292. The number of quaternary nitrogens is 1. The van der Waals surface area contributed by atoms with Gasteiger partial charge in [0.05, 0.1) is 26.2 Å². The van der Waals surface area contributed by atoms with E-state index in [2.05, 4.69) is 27.7 Å². The number of carbonyl (C=O) groups excluding carboxylic acids is 1. The molecule has 0 unspecified atom stereocenters. The molecule has 0 radical (unpaired) electrons. The Morgan fingerprint density at radius 2 is 1.16 bits per heavy atom. The predicted molar refractivity (Wildman–Crippen MR) is 106 cm³/mol. The highest BCUT2D eigenvalue weighted by atomic mass is 19.0. The molecular weight excluding hydrogens is 315 g/mol. The SMILES string of the molecule is CCCC[N+](CCCC)(CCCC)CCCC.CN1CCCC1=O.[F-]. The fourth-order valence-electron chi connectivity index (χ4n) is 3.43. The Labute approximate surface area is 157 Å². The molecule has 1 saturated heterocycles. The van der Waals surface area contributed by atoms with Crippen molar-refractivity contribution in [3.8, 4) is 0 Å². The molecular formula is C21H45FN2O. The monoisotopic (exact) mass is 360 g/mol. The molecule has 0 saturated carbocycles. The molecule has 0 atom stereocenters. The summed E-state index contributed by atoms with van der Waals surface area (Å²) >= 11 is 0. The number of hydrogen-bond acceptors (Lipinski definition) is 1. The van der Waals surface area contributed by atoms with Crippen molar-refractivity contribution in [2.24, 2.45) is 0 Å². The van der Waals surface area contributed by atoms with E-state index in [-0.39, 0.29) is 4.70 Å². The van der Waals surface area contributed by atoms with Crippen molar-refractivity contribution >= 4 is 5.91 Å². The lowest BCUT2D eigenvalue weighted by Gasteiger charge is -2.39. The van der Waals surface area contributed by atoms with E-state index in [1.54, 1.807) is 4.90 Å². The maximum absolute atomic E-state index is 10.5. The zero-order chi connectivity index (χ0) is 18.3. The van der Waals surface area contributed by atoms with Crippen molar-refractivity contribution in [3.05, 3.63) is 0 Å². The third-order valence-corrected chi connectivity index (χ3v) is 5.25. The standard InChI is InChI=1S/C16H36N.C5H9NO.FH/c1-5-9-13-17(14-10-6-2,15-11-7-3)16-12-8-4;1-6-4-2-3-5(6)7;/h5-16H2,1-4H3;2-4H2,1H3;1H/q+1;;/p-1. The Morgan fingerprint density at radius 1 is 0.800 bits per heavy atom. The first kappa shape index (κ1) is 26.6. The van der Waals surface area contributed by atoms with Crippen LogP contribution in [0.3, 0.4) is 0 Å². The van der Waals surface area contributed by atoms with E-state index in [1.807, 2.05) is 7.05 Å². The fraction of sp³-hybridized carbons (Fsp3) is 0.952. The quantitative estimate of drug-likeness (QED) is 0.489. The first-order valence-electron chi connectivity index (χ1n) is 10.6. The maximum Gasteiger partial charge on any atom is 0.222 e. The molecule has 1 heterocycles. The third kappa shape index (κ3) is 12.4. The minimum atomic E-state index is 0. The molecule has 0 aromatic heterocycles. The number of unbranched alkanes of at least 4 members (excludes halogenated alkanes) is 4. The van der Waals surface area contributed by atoms with Crippen molar-refractivity contribution < 1.29 is 14.0 Å². The summed E-state index contributed by atoms with van der Waals surface area (Å²) in [7, 11) is 1.84. The molecule has 1 fully saturated rings. The summed E-state index contributed by atoms with van der Waals surface area (Å²) in [6.45, 7) is 16.0. The van der Waals surface area contributed by atoms with E-state index >= 15 is 0 Å². The summed E-state index contributed by atoms with van der Waals surface area (Å²) < 4.78 is 1.42. The van der Waals surface area contributed by atoms with Crippen LogP contribution in [-0.4, -0.2) is 55.1 Å². The lowest BCUT2D eigenvalue weighted by molar-refractivity contribution is -0.929. The number of carbonyl (C=O) groups is 1. The van der Waals surface area contributed by atoms with Gasteiger partial charge in [0.1, 0.15) is 0 Å². The topological polar surface area (TPSA) is 20.3 Å². The van der Waals surface area contributed by atoms with Crippen LogP contribution in [0.1, 0.15) is 91.9 Å². The van der Waals surface area contributed by atoms with Gasteiger partial charge in [-0.2, -0.15) is 0 Å². The van der Waals surface area contributed by atoms with E-state index in [9.17, 15) is 4.79 Å². The Hall–Kier alpha value is -0.640. The molecule has 0 aliphatic carbocycles. The molecule has 0 spiro atoms. The third-order valence-electron chi connectivity index (χ3n) is 5.25. The van der Waals surface area contributed by atoms with Crippen LogP contribution in [0.5, 0.6) is 0 Å². The van der Waals surface area contributed by atoms with Crippen molar-refractivity contribution in [2.45, 2.75) is 91.9 Å². The minimum absolute atomic E-state index is 0. The number of rotatable bonds is 12. The molecule has 1 aliphatic heterocycles. The summed E-state index contributed by atoms with van der Waals surface area (Å²) in [4.78, 5) is 12.3. The lowest BCUT2D eigenvalue weighted by atomic mass is 10.1. The van der Waals surface area contributed by atoms with Gasteiger partial charge in [0.25, 0.3) is 0 Å². The van der Waals surface area contributed by atoms with Crippen LogP contribution in [-0.2, 0) is 4.79 Å². The van der Waals surface area contributed by atoms with Gasteiger partial charge in [0.15, 0.2) is 0 Å². The van der Waals surface area contributed by atoms with E-state index in [0.29, 0.717) is 5.91 Å². The van der Waals surface area contributed by atoms with Gasteiger partial charge in [0, 0.05) is 20.0 Å². The molecule has 1 amide bonds. The Kier molecular flexibility index (Phi) is 17.9. The summed E-state index contributed by atoms with van der Waals surface area (Å²) in [5, 5.41) is 0. The highest BCUT2D eigenvalue weighted by Gasteiger charge is 2.24. The van der Waals surface area contributed by atoms with Crippen molar-refractivity contribution in [1.82, 2.24) is 4.90 Å². The fourth-order valence-corrected chi connectivity index (χ4v) is 3.43. The minimum Gasteiger partial charge on any atom is -1.00 e. The second-order valence-corrected chi connectivity index (χ2v) is 7.57. The summed E-state index contributed by atoms with van der Waals surface area (Å²) in [5.41, 5.74) is 0. The molecule has 1 aliphatic rings. The molecule has 4 heteroatoms. The van der Waals surface area contributed by atoms with E-state index < -0.39 is 0 Å². The zero-order valence-electron chi connectivity index (χ0n) is 17.8. The van der Waals surface area contributed by atoms with Crippen LogP contribution >= 0.6 is 0 Å². The largest absolute Gasteiger partial charge is 1.00 e. The highest BCUT2D eigenvalue weighted by molar-refractivity contribution is 5.77. The maximum atomic E-state index is 10.5. The van der Waals surface area contributed by atoms with Gasteiger partial charge in [-0.05, 0) is 32.1 Å². The number of likely N-dealkylation sites (tertiary alicyclic amines) is 1.